The molecular formula is C11H17NO. The van der Waals surface area contributed by atoms with E-state index in [1.165, 1.54) is 0 Å². The molecular weight excluding hydrogens is 162 g/mol. The van der Waals surface area contributed by atoms with E-state index in [0.29, 0.717) is 0 Å². The van der Waals surface area contributed by atoms with Crippen molar-refractivity contribution in [2.24, 2.45) is 0 Å². The maximum absolute atomic E-state index is 10.1. The maximum Gasteiger partial charge on any atom is 0.0885 e. The van der Waals surface area contributed by atoms with Crippen LogP contribution >= 0.6 is 0 Å². The van der Waals surface area contributed by atoms with Crippen molar-refractivity contribution in [1.82, 2.24) is 4.98 Å². The van der Waals surface area contributed by atoms with E-state index in [2.05, 4.69) is 11.9 Å². The van der Waals surface area contributed by atoms with Gasteiger partial charge in [0.05, 0.1) is 5.60 Å². The predicted molar refractivity (Wildman–Crippen MR) is 53.5 cm³/mol. The minimum atomic E-state index is -0.729. The van der Waals surface area contributed by atoms with Crippen LogP contribution in [0.25, 0.3) is 0 Å². The van der Waals surface area contributed by atoms with Crippen LogP contribution in [0.4, 0.5) is 0 Å². The van der Waals surface area contributed by atoms with E-state index < -0.39 is 5.60 Å². The first-order chi connectivity index (χ1) is 6.08. The molecule has 0 aliphatic carbocycles. The summed E-state index contributed by atoms with van der Waals surface area (Å²) in [4.78, 5) is 4.03. The smallest absolute Gasteiger partial charge is 0.0885 e. The van der Waals surface area contributed by atoms with Crippen LogP contribution in [-0.2, 0) is 5.60 Å². The molecule has 0 saturated heterocycles. The summed E-state index contributed by atoms with van der Waals surface area (Å²) in [7, 11) is 0. The molecule has 2 heteroatoms. The van der Waals surface area contributed by atoms with Crippen LogP contribution in [-0.4, -0.2) is 10.1 Å². The standard InChI is InChI=1S/C11H17NO/c1-4-6-11(3,13)10-8-12-7-5-9(10)2/h5,7-8,13H,4,6H2,1-3H3. The Bertz CT molecular complexity index is 281. The molecule has 1 heterocycles. The van der Waals surface area contributed by atoms with Gasteiger partial charge in [-0.1, -0.05) is 13.3 Å². The zero-order chi connectivity index (χ0) is 9.90. The molecule has 0 spiro atoms. The van der Waals surface area contributed by atoms with Crippen LogP contribution in [0.3, 0.4) is 0 Å². The van der Waals surface area contributed by atoms with Crippen molar-refractivity contribution in [2.75, 3.05) is 0 Å². The molecule has 1 N–H and O–H groups in total. The number of hydrogen-bond donors (Lipinski definition) is 1. The van der Waals surface area contributed by atoms with Gasteiger partial charge in [0, 0.05) is 18.0 Å². The van der Waals surface area contributed by atoms with Crippen LogP contribution in [0, 0.1) is 6.92 Å². The first-order valence-corrected chi connectivity index (χ1v) is 4.71. The summed E-state index contributed by atoms with van der Waals surface area (Å²) in [6.07, 6.45) is 5.26. The Labute approximate surface area is 79.6 Å². The molecule has 0 radical (unpaired) electrons. The fourth-order valence-electron chi connectivity index (χ4n) is 1.65. The first-order valence-electron chi connectivity index (χ1n) is 4.71. The fraction of sp³-hybridized carbons (Fsp3) is 0.545. The average molecular weight is 179 g/mol. The van der Waals surface area contributed by atoms with Crippen LogP contribution < -0.4 is 0 Å². The highest BCUT2D eigenvalue weighted by atomic mass is 16.3. The van der Waals surface area contributed by atoms with E-state index in [4.69, 9.17) is 0 Å². The number of rotatable bonds is 3. The molecule has 0 saturated carbocycles. The number of hydrogen-bond acceptors (Lipinski definition) is 2. The minimum Gasteiger partial charge on any atom is -0.385 e. The molecule has 0 amide bonds. The van der Waals surface area contributed by atoms with Crippen LogP contribution in [0.15, 0.2) is 18.5 Å². The van der Waals surface area contributed by atoms with Gasteiger partial charge in [0.15, 0.2) is 0 Å². The lowest BCUT2D eigenvalue weighted by Crippen LogP contribution is -2.22. The molecule has 72 valence electrons. The van der Waals surface area contributed by atoms with Crippen LogP contribution in [0.2, 0.25) is 0 Å². The highest BCUT2D eigenvalue weighted by molar-refractivity contribution is 5.27. The number of aromatic nitrogens is 1. The van der Waals surface area contributed by atoms with Gasteiger partial charge in [-0.15, -0.1) is 0 Å². The molecule has 0 aliphatic rings. The summed E-state index contributed by atoms with van der Waals surface area (Å²) in [6, 6.07) is 1.93. The van der Waals surface area contributed by atoms with Crippen LogP contribution in [0.1, 0.15) is 37.8 Å². The molecule has 13 heavy (non-hydrogen) atoms. The largest absolute Gasteiger partial charge is 0.385 e. The van der Waals surface area contributed by atoms with Gasteiger partial charge >= 0.3 is 0 Å². The summed E-state index contributed by atoms with van der Waals surface area (Å²) in [5.41, 5.74) is 1.32. The molecule has 1 aromatic rings. The fourth-order valence-corrected chi connectivity index (χ4v) is 1.65. The summed E-state index contributed by atoms with van der Waals surface area (Å²) in [5, 5.41) is 10.1. The molecule has 1 rings (SSSR count). The normalized spacial score (nSPS) is 15.4. The van der Waals surface area contributed by atoms with Crippen molar-refractivity contribution in [3.8, 4) is 0 Å². The topological polar surface area (TPSA) is 33.1 Å². The van der Waals surface area contributed by atoms with Gasteiger partial charge < -0.3 is 5.11 Å². The van der Waals surface area contributed by atoms with E-state index in [1.807, 2.05) is 19.9 Å². The van der Waals surface area contributed by atoms with Crippen molar-refractivity contribution < 1.29 is 5.11 Å². The summed E-state index contributed by atoms with van der Waals surface area (Å²) >= 11 is 0. The number of aliphatic hydroxyl groups is 1. The lowest BCUT2D eigenvalue weighted by molar-refractivity contribution is 0.0460. The molecule has 0 fully saturated rings. The quantitative estimate of drug-likeness (QED) is 0.773. The predicted octanol–water partition coefficient (Wildman–Crippen LogP) is 2.40. The molecule has 0 aromatic carbocycles. The Morgan fingerprint density at radius 1 is 1.54 bits per heavy atom. The van der Waals surface area contributed by atoms with Crippen molar-refractivity contribution in [3.05, 3.63) is 29.6 Å². The zero-order valence-electron chi connectivity index (χ0n) is 8.54. The van der Waals surface area contributed by atoms with E-state index in [-0.39, 0.29) is 0 Å². The molecule has 2 nitrogen and oxygen atoms in total. The lowest BCUT2D eigenvalue weighted by atomic mass is 9.90. The number of pyridine rings is 1. The van der Waals surface area contributed by atoms with E-state index in [9.17, 15) is 5.11 Å². The Balaban J connectivity index is 2.99. The Morgan fingerprint density at radius 3 is 2.77 bits per heavy atom. The van der Waals surface area contributed by atoms with Gasteiger partial charge in [-0.2, -0.15) is 0 Å². The second kappa shape index (κ2) is 3.88. The van der Waals surface area contributed by atoms with E-state index in [0.717, 1.165) is 24.0 Å². The van der Waals surface area contributed by atoms with Crippen molar-refractivity contribution in [2.45, 2.75) is 39.2 Å². The van der Waals surface area contributed by atoms with E-state index >= 15 is 0 Å². The van der Waals surface area contributed by atoms with Crippen molar-refractivity contribution in [3.63, 3.8) is 0 Å². The van der Waals surface area contributed by atoms with Crippen molar-refractivity contribution >= 4 is 0 Å². The monoisotopic (exact) mass is 179 g/mol. The third-order valence-corrected chi connectivity index (χ3v) is 2.36. The van der Waals surface area contributed by atoms with Crippen molar-refractivity contribution in [1.29, 1.82) is 0 Å². The highest BCUT2D eigenvalue weighted by Crippen LogP contribution is 2.27. The first kappa shape index (κ1) is 10.2. The second-order valence-electron chi connectivity index (χ2n) is 3.71. The third-order valence-electron chi connectivity index (χ3n) is 2.36. The summed E-state index contributed by atoms with van der Waals surface area (Å²) in [5.74, 6) is 0. The summed E-state index contributed by atoms with van der Waals surface area (Å²) in [6.45, 7) is 5.92. The minimum absolute atomic E-state index is 0.729. The van der Waals surface area contributed by atoms with Gasteiger partial charge in [-0.25, -0.2) is 0 Å². The number of nitrogens with zero attached hydrogens (tertiary/aromatic N) is 1. The molecule has 1 unspecified atom stereocenters. The third kappa shape index (κ3) is 2.28. The van der Waals surface area contributed by atoms with Gasteiger partial charge in [0.1, 0.15) is 0 Å². The van der Waals surface area contributed by atoms with Gasteiger partial charge in [0.2, 0.25) is 0 Å². The molecule has 0 bridgehead atoms. The van der Waals surface area contributed by atoms with Gasteiger partial charge in [0.25, 0.3) is 0 Å². The molecule has 0 aliphatic heterocycles. The summed E-state index contributed by atoms with van der Waals surface area (Å²) < 4.78 is 0. The lowest BCUT2D eigenvalue weighted by Gasteiger charge is -2.24. The Hall–Kier alpha value is -0.890. The second-order valence-corrected chi connectivity index (χ2v) is 3.71. The molecule has 1 aromatic heterocycles. The number of aryl methyl sites for hydroxylation is 1. The zero-order valence-corrected chi connectivity index (χ0v) is 8.54. The van der Waals surface area contributed by atoms with Crippen LogP contribution in [0.5, 0.6) is 0 Å². The Morgan fingerprint density at radius 2 is 2.23 bits per heavy atom. The Kier molecular flexibility index (Phi) is 3.04. The molecule has 1 atom stereocenters. The average Bonchev–Trinajstić information content (AvgIpc) is 2.04. The highest BCUT2D eigenvalue weighted by Gasteiger charge is 2.23. The van der Waals surface area contributed by atoms with Gasteiger partial charge in [-0.05, 0) is 31.9 Å². The maximum atomic E-state index is 10.1. The van der Waals surface area contributed by atoms with Gasteiger partial charge in [-0.3, -0.25) is 4.98 Å². The van der Waals surface area contributed by atoms with E-state index in [1.54, 1.807) is 12.4 Å². The SMILES string of the molecule is CCCC(C)(O)c1cnccc1C.